The van der Waals surface area contributed by atoms with E-state index in [1.54, 1.807) is 0 Å². The molecule has 0 saturated carbocycles. The van der Waals surface area contributed by atoms with E-state index in [9.17, 15) is 14.5 Å². The number of nitrogens with zero attached hydrogens (tertiary/aromatic N) is 2. The number of amides is 2. The molecule has 0 fully saturated rings. The molecule has 0 unspecified atom stereocenters. The highest BCUT2D eigenvalue weighted by Gasteiger charge is 2.08. The van der Waals surface area contributed by atoms with E-state index in [0.717, 1.165) is 0 Å². The minimum Gasteiger partial charge on any atom is -0.300 e. The zero-order chi connectivity index (χ0) is 10.3. The predicted octanol–water partition coefficient (Wildman–Crippen LogP) is -3.05. The molecule has 74 valence electrons. The van der Waals surface area contributed by atoms with Crippen LogP contribution in [-0.4, -0.2) is 30.0 Å². The van der Waals surface area contributed by atoms with Crippen molar-refractivity contribution in [2.45, 2.75) is 0 Å². The summed E-state index contributed by atoms with van der Waals surface area (Å²) in [6, 6.07) is 0. The van der Waals surface area contributed by atoms with E-state index in [0.29, 0.717) is 0 Å². The summed E-state index contributed by atoms with van der Waals surface area (Å²) in [7, 11) is 0. The Kier molecular flexibility index (Phi) is 5.27. The molecule has 0 aromatic rings. The zero-order valence-corrected chi connectivity index (χ0v) is 6.69. The molecule has 2 amide bonds. The largest absolute Gasteiger partial charge is 0.300 e. The Bertz CT molecular complexity index is 206. The van der Waals surface area contributed by atoms with Gasteiger partial charge in [-0.2, -0.15) is 0 Å². The molecule has 0 aliphatic rings. The number of rotatable bonds is 5. The van der Waals surface area contributed by atoms with Gasteiger partial charge in [-0.1, -0.05) is 0 Å². The Hall–Kier alpha value is -1.58. The fourth-order valence-corrected chi connectivity index (χ4v) is 0.461. The monoisotopic (exact) mass is 190 g/mol. The first kappa shape index (κ1) is 11.4. The first-order valence-corrected chi connectivity index (χ1v) is 3.23. The second kappa shape index (κ2) is 5.99. The highest BCUT2D eigenvalue weighted by atomic mass is 16.3. The van der Waals surface area contributed by atoms with Gasteiger partial charge in [-0.3, -0.25) is 20.3 Å². The van der Waals surface area contributed by atoms with Crippen LogP contribution in [0.3, 0.4) is 0 Å². The van der Waals surface area contributed by atoms with Crippen LogP contribution in [0.4, 0.5) is 0 Å². The number of nitrogens with one attached hydrogen (secondary N) is 2. The molecule has 0 bridgehead atoms. The van der Waals surface area contributed by atoms with E-state index >= 15 is 0 Å². The molecule has 0 atom stereocenters. The summed E-state index contributed by atoms with van der Waals surface area (Å²) in [5.41, 5.74) is 1.84. The van der Waals surface area contributed by atoms with Gasteiger partial charge in [0.15, 0.2) is 0 Å². The normalized spacial score (nSPS) is 9.08. The Morgan fingerprint density at radius 1 is 1.38 bits per heavy atom. The molecular weight excluding hydrogens is 180 g/mol. The maximum Gasteiger partial charge on any atom is 0.274 e. The highest BCUT2D eigenvalue weighted by Crippen LogP contribution is 1.77. The lowest BCUT2D eigenvalue weighted by molar-refractivity contribution is -0.130. The van der Waals surface area contributed by atoms with Gasteiger partial charge in [-0.25, -0.2) is 11.7 Å². The minimum atomic E-state index is -0.750. The molecular formula is C4H10N6O3. The Morgan fingerprint density at radius 3 is 2.46 bits per heavy atom. The van der Waals surface area contributed by atoms with Crippen LogP contribution in [0.15, 0.2) is 5.29 Å². The van der Waals surface area contributed by atoms with Gasteiger partial charge in [0, 0.05) is 0 Å². The number of nitroso groups, excluding NO2 is 1. The van der Waals surface area contributed by atoms with Crippen LogP contribution in [0.2, 0.25) is 0 Å². The van der Waals surface area contributed by atoms with Crippen LogP contribution < -0.4 is 22.4 Å². The number of nitrogens with two attached hydrogens (primary N) is 2. The molecule has 6 N–H and O–H groups in total. The average Bonchev–Trinajstić information content (AvgIpc) is 2.15. The average molecular weight is 190 g/mol. The van der Waals surface area contributed by atoms with Gasteiger partial charge in [0.05, 0.1) is 18.4 Å². The van der Waals surface area contributed by atoms with Crippen molar-refractivity contribution in [1.82, 2.24) is 15.9 Å². The number of carbonyl (C=O) groups is 2. The molecule has 0 aromatic carbocycles. The number of hydrogen-bond acceptors (Lipinski definition) is 7. The first-order valence-electron chi connectivity index (χ1n) is 3.23. The molecule has 0 aliphatic heterocycles. The van der Waals surface area contributed by atoms with Gasteiger partial charge in [0.2, 0.25) is 5.91 Å². The third-order valence-corrected chi connectivity index (χ3v) is 1.07. The Balaban J connectivity index is 3.59. The van der Waals surface area contributed by atoms with Crippen molar-refractivity contribution < 1.29 is 9.59 Å². The van der Waals surface area contributed by atoms with E-state index < -0.39 is 11.8 Å². The van der Waals surface area contributed by atoms with Crippen LogP contribution >= 0.6 is 0 Å². The maximum absolute atomic E-state index is 10.7. The molecule has 0 spiro atoms. The van der Waals surface area contributed by atoms with Crippen LogP contribution in [-0.2, 0) is 9.59 Å². The summed E-state index contributed by atoms with van der Waals surface area (Å²) >= 11 is 0. The van der Waals surface area contributed by atoms with E-state index in [-0.39, 0.29) is 18.2 Å². The maximum atomic E-state index is 10.7. The lowest BCUT2D eigenvalue weighted by atomic mass is 10.5. The van der Waals surface area contributed by atoms with Crippen molar-refractivity contribution in [1.29, 1.82) is 0 Å². The fraction of sp³-hybridized carbons (Fsp3) is 0.500. The standard InChI is InChI=1S/C4H10N6O3/c5-8-3(11)1-7-2-4(12)10(6)9-13/h7H,1-2,5-6H2,(H,8,11). The molecule has 9 heteroatoms. The van der Waals surface area contributed by atoms with Gasteiger partial charge in [-0.05, 0) is 0 Å². The highest BCUT2D eigenvalue weighted by molar-refractivity contribution is 5.80. The summed E-state index contributed by atoms with van der Waals surface area (Å²) < 4.78 is 0. The molecule has 9 nitrogen and oxygen atoms in total. The van der Waals surface area contributed by atoms with Crippen molar-refractivity contribution in [2.75, 3.05) is 13.1 Å². The van der Waals surface area contributed by atoms with Crippen molar-refractivity contribution in [3.8, 4) is 0 Å². The molecule has 0 saturated heterocycles. The molecule has 0 heterocycles. The quantitative estimate of drug-likeness (QED) is 0.157. The van der Waals surface area contributed by atoms with Crippen molar-refractivity contribution in [3.63, 3.8) is 0 Å². The van der Waals surface area contributed by atoms with Crippen LogP contribution in [0.1, 0.15) is 0 Å². The second-order valence-electron chi connectivity index (χ2n) is 1.99. The zero-order valence-electron chi connectivity index (χ0n) is 6.69. The van der Waals surface area contributed by atoms with Gasteiger partial charge in [-0.15, -0.1) is 10.0 Å². The predicted molar refractivity (Wildman–Crippen MR) is 42.0 cm³/mol. The van der Waals surface area contributed by atoms with E-state index in [1.807, 2.05) is 5.43 Å². The van der Waals surface area contributed by atoms with E-state index in [4.69, 9.17) is 11.7 Å². The smallest absolute Gasteiger partial charge is 0.274 e. The van der Waals surface area contributed by atoms with E-state index in [1.165, 1.54) is 0 Å². The van der Waals surface area contributed by atoms with Crippen molar-refractivity contribution in [3.05, 3.63) is 4.91 Å². The summed E-state index contributed by atoms with van der Waals surface area (Å²) in [6.45, 7) is -0.412. The Morgan fingerprint density at radius 2 is 2.00 bits per heavy atom. The third kappa shape index (κ3) is 4.79. The molecule has 13 heavy (non-hydrogen) atoms. The number of hydrazine groups is 2. The number of hydrogen-bond donors (Lipinski definition) is 4. The Labute approximate surface area is 73.3 Å². The lowest BCUT2D eigenvalue weighted by Gasteiger charge is -2.06. The molecule has 0 radical (unpaired) electrons. The summed E-state index contributed by atoms with van der Waals surface area (Å²) in [6.07, 6.45) is 0. The van der Waals surface area contributed by atoms with Gasteiger partial charge in [0.1, 0.15) is 0 Å². The van der Waals surface area contributed by atoms with E-state index in [2.05, 4.69) is 10.6 Å². The molecule has 0 aromatic heterocycles. The third-order valence-electron chi connectivity index (χ3n) is 1.07. The van der Waals surface area contributed by atoms with Crippen molar-refractivity contribution >= 4 is 11.8 Å². The molecule has 0 rings (SSSR count). The van der Waals surface area contributed by atoms with Gasteiger partial charge < -0.3 is 0 Å². The van der Waals surface area contributed by atoms with Crippen molar-refractivity contribution in [2.24, 2.45) is 17.0 Å². The number of carbonyl (C=O) groups excluding carboxylic acids is 2. The van der Waals surface area contributed by atoms with Crippen LogP contribution in [0, 0.1) is 4.91 Å². The van der Waals surface area contributed by atoms with Crippen LogP contribution in [0.5, 0.6) is 0 Å². The lowest BCUT2D eigenvalue weighted by Crippen LogP contribution is -2.43. The minimum absolute atomic E-state index is 0.132. The summed E-state index contributed by atoms with van der Waals surface area (Å²) in [5.74, 6) is 8.31. The topological polar surface area (TPSA) is 143 Å². The first-order chi connectivity index (χ1) is 6.11. The second-order valence-corrected chi connectivity index (χ2v) is 1.99. The summed E-state index contributed by atoms with van der Waals surface area (Å²) in [5, 5.41) is 4.67. The summed E-state index contributed by atoms with van der Waals surface area (Å²) in [4.78, 5) is 30.9. The van der Waals surface area contributed by atoms with Gasteiger partial charge >= 0.3 is 0 Å². The molecule has 0 aliphatic carbocycles. The van der Waals surface area contributed by atoms with Crippen LogP contribution in [0.25, 0.3) is 0 Å². The SMILES string of the molecule is NNC(=O)CNCC(=O)N(N)N=O. The fourth-order valence-electron chi connectivity index (χ4n) is 0.461. The van der Waals surface area contributed by atoms with Gasteiger partial charge in [0.25, 0.3) is 5.91 Å².